The van der Waals surface area contributed by atoms with Crippen LogP contribution in [-0.2, 0) is 16.1 Å². The van der Waals surface area contributed by atoms with E-state index in [2.05, 4.69) is 0 Å². The van der Waals surface area contributed by atoms with Gasteiger partial charge in [0.05, 0.1) is 0 Å². The van der Waals surface area contributed by atoms with Gasteiger partial charge in [-0.15, -0.1) is 0 Å². The Hall–Kier alpha value is -1.42. The summed E-state index contributed by atoms with van der Waals surface area (Å²) in [5.41, 5.74) is 1.95. The fourth-order valence-corrected chi connectivity index (χ4v) is 1.63. The van der Waals surface area contributed by atoms with E-state index in [1.807, 2.05) is 18.2 Å². The fourth-order valence-electron chi connectivity index (χ4n) is 1.63. The van der Waals surface area contributed by atoms with E-state index < -0.39 is 0 Å². The monoisotopic (exact) mass is 245 g/mol. The molecule has 4 heteroatoms. The first kappa shape index (κ1) is 14.6. The molecule has 0 aliphatic rings. The molecule has 0 fully saturated rings. The van der Waals surface area contributed by atoms with Crippen LogP contribution in [-0.4, -0.2) is 33.5 Å². The van der Waals surface area contributed by atoms with Gasteiger partial charge in [-0.1, -0.05) is 0 Å². The van der Waals surface area contributed by atoms with Crippen LogP contribution in [0.1, 0.15) is 30.4 Å². The minimum absolute atomic E-state index is 0.505. The van der Waals surface area contributed by atoms with Crippen LogP contribution in [0, 0.1) is 0 Å². The second kappa shape index (κ2) is 8.64. The number of hydrogen-bond donors (Lipinski definition) is 0. The number of benzene rings is 1. The van der Waals surface area contributed by atoms with Gasteiger partial charge >= 0.3 is 109 Å². The quantitative estimate of drug-likeness (QED) is 0.378. The van der Waals surface area contributed by atoms with Crippen LogP contribution in [0.15, 0.2) is 18.2 Å². The molecule has 0 heterocycles. The second-order valence-corrected chi connectivity index (χ2v) is 3.97. The van der Waals surface area contributed by atoms with Crippen LogP contribution in [0.25, 0.3) is 0 Å². The molecule has 95 valence electrons. The van der Waals surface area contributed by atoms with Gasteiger partial charge in [-0.2, -0.15) is 0 Å². The molecule has 0 amide bonds. The predicted molar refractivity (Wildman–Crippen MR) is 73.5 cm³/mol. The molecule has 0 aliphatic heterocycles. The molecule has 1 aromatic carbocycles. The molecular formula is C14H18BO3. The molecule has 1 aromatic rings. The summed E-state index contributed by atoms with van der Waals surface area (Å²) in [6.45, 7) is 1.12. The standard InChI is InChI=1S/C14H18BO3/c1-17-11-13-9-14(6-5-12(13)10-15)18-8-4-2-3-7-16/h5-7,9-10H,2-4,8,11H2,1H3. The van der Waals surface area contributed by atoms with E-state index in [-0.39, 0.29) is 0 Å². The van der Waals surface area contributed by atoms with Crippen molar-refractivity contribution in [3.05, 3.63) is 29.3 Å². The van der Waals surface area contributed by atoms with E-state index in [0.717, 1.165) is 36.0 Å². The first-order chi connectivity index (χ1) is 8.81. The van der Waals surface area contributed by atoms with Crippen molar-refractivity contribution >= 4 is 19.7 Å². The SMILES string of the molecule is [B]=Cc1ccc(OCCCCC=O)cc1COC. The molecule has 0 aromatic heterocycles. The number of carbonyl (C=O) groups excluding carboxylic acids is 1. The summed E-state index contributed by atoms with van der Waals surface area (Å²) in [5, 5.41) is 0. The van der Waals surface area contributed by atoms with Crippen LogP contribution in [0.3, 0.4) is 0 Å². The fraction of sp³-hybridized carbons (Fsp3) is 0.429. The Labute approximate surface area is 109 Å². The summed E-state index contributed by atoms with van der Waals surface area (Å²) in [6, 6.07) is 5.73. The number of carbonyl (C=O) groups is 1. The Bertz CT molecular complexity index is 391. The predicted octanol–water partition coefficient (Wildman–Crippen LogP) is 1.90. The second-order valence-electron chi connectivity index (χ2n) is 3.97. The molecule has 0 N–H and O–H groups in total. The average Bonchev–Trinajstić information content (AvgIpc) is 2.39. The maximum absolute atomic E-state index is 10.2. The number of methoxy groups -OCH3 is 1. The molecule has 0 spiro atoms. The van der Waals surface area contributed by atoms with E-state index in [1.165, 1.54) is 0 Å². The first-order valence-corrected chi connectivity index (χ1v) is 6.05. The van der Waals surface area contributed by atoms with Crippen LogP contribution < -0.4 is 4.74 Å². The summed E-state index contributed by atoms with van der Waals surface area (Å²) in [7, 11) is 7.18. The number of ether oxygens (including phenoxy) is 2. The first-order valence-electron chi connectivity index (χ1n) is 6.05. The van der Waals surface area contributed by atoms with Crippen LogP contribution in [0.2, 0.25) is 0 Å². The van der Waals surface area contributed by atoms with Gasteiger partial charge in [-0.05, 0) is 0 Å². The molecule has 0 saturated heterocycles. The summed E-state index contributed by atoms with van der Waals surface area (Å²) < 4.78 is 10.7. The van der Waals surface area contributed by atoms with E-state index in [4.69, 9.17) is 17.0 Å². The van der Waals surface area contributed by atoms with Gasteiger partial charge < -0.3 is 0 Å². The van der Waals surface area contributed by atoms with Gasteiger partial charge in [0.15, 0.2) is 0 Å². The average molecular weight is 245 g/mol. The zero-order valence-corrected chi connectivity index (χ0v) is 10.7. The molecule has 0 saturated carbocycles. The van der Waals surface area contributed by atoms with Gasteiger partial charge in [0.25, 0.3) is 0 Å². The summed E-state index contributed by atoms with van der Waals surface area (Å²) in [5.74, 6) is 2.36. The number of aldehydes is 1. The normalized spacial score (nSPS) is 10.0. The van der Waals surface area contributed by atoms with Crippen molar-refractivity contribution in [3.63, 3.8) is 0 Å². The van der Waals surface area contributed by atoms with E-state index >= 15 is 0 Å². The molecule has 0 atom stereocenters. The third-order valence-corrected chi connectivity index (χ3v) is 2.58. The van der Waals surface area contributed by atoms with Crippen LogP contribution >= 0.6 is 0 Å². The Morgan fingerprint density at radius 2 is 2.17 bits per heavy atom. The van der Waals surface area contributed by atoms with Gasteiger partial charge in [0.2, 0.25) is 0 Å². The summed E-state index contributed by atoms with van der Waals surface area (Å²) in [4.78, 5) is 10.2. The van der Waals surface area contributed by atoms with Crippen molar-refractivity contribution in [3.8, 4) is 5.75 Å². The minimum atomic E-state index is 0.505. The Kier molecular flexibility index (Phi) is 7.03. The molecule has 18 heavy (non-hydrogen) atoms. The van der Waals surface area contributed by atoms with Gasteiger partial charge in [-0.3, -0.25) is 0 Å². The van der Waals surface area contributed by atoms with Crippen molar-refractivity contribution < 1.29 is 14.3 Å². The van der Waals surface area contributed by atoms with E-state index in [9.17, 15) is 4.79 Å². The van der Waals surface area contributed by atoms with Gasteiger partial charge in [0, 0.05) is 0 Å². The zero-order chi connectivity index (χ0) is 13.2. The van der Waals surface area contributed by atoms with Gasteiger partial charge in [0.1, 0.15) is 0 Å². The van der Waals surface area contributed by atoms with Crippen molar-refractivity contribution in [1.82, 2.24) is 0 Å². The maximum atomic E-state index is 10.2. The van der Waals surface area contributed by atoms with Crippen LogP contribution in [0.5, 0.6) is 5.75 Å². The third-order valence-electron chi connectivity index (χ3n) is 2.58. The Morgan fingerprint density at radius 3 is 2.83 bits per heavy atom. The van der Waals surface area contributed by atoms with Gasteiger partial charge in [-0.25, -0.2) is 0 Å². The summed E-state index contributed by atoms with van der Waals surface area (Å²) in [6.07, 6.45) is 3.27. The number of unbranched alkanes of at least 4 members (excludes halogenated alkanes) is 2. The van der Waals surface area contributed by atoms with Crippen LogP contribution in [0.4, 0.5) is 0 Å². The third kappa shape index (κ3) is 4.84. The molecule has 0 bridgehead atoms. The molecule has 1 radical (unpaired) electrons. The molecular weight excluding hydrogens is 227 g/mol. The summed E-state index contributed by atoms with van der Waals surface area (Å²) >= 11 is 0. The van der Waals surface area contributed by atoms with E-state index in [0.29, 0.717) is 19.6 Å². The Morgan fingerprint density at radius 1 is 1.33 bits per heavy atom. The zero-order valence-electron chi connectivity index (χ0n) is 10.7. The van der Waals surface area contributed by atoms with E-state index in [1.54, 1.807) is 13.1 Å². The molecule has 0 unspecified atom stereocenters. The Balaban J connectivity index is 2.52. The topological polar surface area (TPSA) is 35.5 Å². The number of hydrogen-bond acceptors (Lipinski definition) is 3. The number of rotatable bonds is 9. The van der Waals surface area contributed by atoms with Crippen molar-refractivity contribution in [2.24, 2.45) is 0 Å². The van der Waals surface area contributed by atoms with Crippen molar-refractivity contribution in [2.45, 2.75) is 25.9 Å². The van der Waals surface area contributed by atoms with Crippen molar-refractivity contribution in [1.29, 1.82) is 0 Å². The molecule has 0 aliphatic carbocycles. The van der Waals surface area contributed by atoms with Crippen molar-refractivity contribution in [2.75, 3.05) is 13.7 Å². The molecule has 1 rings (SSSR count). The molecule has 3 nitrogen and oxygen atoms in total.